The van der Waals surface area contributed by atoms with Crippen LogP contribution in [0.1, 0.15) is 39.2 Å². The van der Waals surface area contributed by atoms with E-state index in [4.69, 9.17) is 0 Å². The van der Waals surface area contributed by atoms with Gasteiger partial charge in [0.05, 0.1) is 20.9 Å². The number of carbonyl (C=O) groups excluding carboxylic acids is 2. The van der Waals surface area contributed by atoms with Gasteiger partial charge in [-0.05, 0) is 48.4 Å². The minimum Gasteiger partial charge on any atom is -0.326 e. The first-order chi connectivity index (χ1) is 14.4. The van der Waals surface area contributed by atoms with Crippen LogP contribution >= 0.6 is 0 Å². The normalized spacial score (nSPS) is 19.4. The predicted molar refractivity (Wildman–Crippen MR) is 120 cm³/mol. The van der Waals surface area contributed by atoms with Crippen LogP contribution in [0.3, 0.4) is 0 Å². The third kappa shape index (κ3) is 3.89. The molecule has 4 nitrogen and oxygen atoms in total. The maximum atomic E-state index is 13.5. The lowest BCUT2D eigenvalue weighted by Crippen LogP contribution is -2.24. The zero-order chi connectivity index (χ0) is 21.3. The Kier molecular flexibility index (Phi) is 5.46. The number of aryl methyl sites for hydroxylation is 1. The summed E-state index contributed by atoms with van der Waals surface area (Å²) in [5, 5.41) is 2.19. The maximum Gasteiger partial charge on any atom is 0.221 e. The van der Waals surface area contributed by atoms with E-state index >= 15 is 0 Å². The molecule has 1 aliphatic heterocycles. The number of carbonyl (C=O) groups is 2. The van der Waals surface area contributed by atoms with Gasteiger partial charge in [0.2, 0.25) is 5.91 Å². The Hall–Kier alpha value is -3.31. The molecule has 30 heavy (non-hydrogen) atoms. The van der Waals surface area contributed by atoms with Gasteiger partial charge in [-0.1, -0.05) is 54.1 Å². The third-order valence-corrected chi connectivity index (χ3v) is 6.75. The Morgan fingerprint density at radius 2 is 1.70 bits per heavy atom. The van der Waals surface area contributed by atoms with Gasteiger partial charge in [0, 0.05) is 23.7 Å². The van der Waals surface area contributed by atoms with Crippen molar-refractivity contribution >= 4 is 34.3 Å². The predicted octanol–water partition coefficient (Wildman–Crippen LogP) is 5.08. The number of hydrogen-bond acceptors (Lipinski definition) is 3. The second-order valence-corrected chi connectivity index (χ2v) is 8.83. The van der Waals surface area contributed by atoms with Crippen LogP contribution in [0.2, 0.25) is 0 Å². The molecule has 1 heterocycles. The van der Waals surface area contributed by atoms with Gasteiger partial charge in [-0.25, -0.2) is 0 Å². The summed E-state index contributed by atoms with van der Waals surface area (Å²) in [7, 11) is -1.39. The topological polar surface area (TPSA) is 63.2 Å². The van der Waals surface area contributed by atoms with Gasteiger partial charge in [-0.3, -0.25) is 13.8 Å². The Bertz CT molecular complexity index is 1180. The number of nitrogens with one attached hydrogen (secondary N) is 1. The lowest BCUT2D eigenvalue weighted by molar-refractivity contribution is -0.114. The Morgan fingerprint density at radius 3 is 2.37 bits per heavy atom. The minimum atomic E-state index is -1.39. The summed E-state index contributed by atoms with van der Waals surface area (Å²) in [6, 6.07) is 22.2. The Balaban J connectivity index is 1.84. The number of amides is 1. The average molecular weight is 416 g/mol. The molecular weight excluding hydrogens is 394 g/mol. The van der Waals surface area contributed by atoms with E-state index in [-0.39, 0.29) is 11.7 Å². The molecule has 1 amide bonds. The molecule has 0 fully saturated rings. The number of Topliss-reactive ketones (excluding diaryl/α,β-unsaturated/α-hetero) is 1. The number of fused-ring (bicyclic) bond motifs is 1. The van der Waals surface area contributed by atoms with Crippen molar-refractivity contribution in [3.8, 4) is 0 Å². The van der Waals surface area contributed by atoms with Gasteiger partial charge in [0.25, 0.3) is 0 Å². The summed E-state index contributed by atoms with van der Waals surface area (Å²) in [6.45, 7) is 3.37. The lowest BCUT2D eigenvalue weighted by atomic mass is 9.93. The number of rotatable bonds is 3. The zero-order valence-electron chi connectivity index (χ0n) is 16.7. The summed E-state index contributed by atoms with van der Waals surface area (Å²) in [4.78, 5) is 25.3. The van der Waals surface area contributed by atoms with E-state index in [1.165, 1.54) is 6.92 Å². The smallest absolute Gasteiger partial charge is 0.221 e. The molecule has 150 valence electrons. The molecule has 2 unspecified atom stereocenters. The highest BCUT2D eigenvalue weighted by atomic mass is 32.2. The Morgan fingerprint density at radius 1 is 1.00 bits per heavy atom. The molecule has 0 aliphatic carbocycles. The summed E-state index contributed by atoms with van der Waals surface area (Å²) in [5.74, 6) is -0.247. The van der Waals surface area contributed by atoms with Crippen LogP contribution in [0, 0.1) is 6.92 Å². The van der Waals surface area contributed by atoms with E-state index in [0.29, 0.717) is 21.7 Å². The summed E-state index contributed by atoms with van der Waals surface area (Å²) >= 11 is 0. The van der Waals surface area contributed by atoms with Crippen LogP contribution in [-0.4, -0.2) is 15.9 Å². The van der Waals surface area contributed by atoms with Crippen LogP contribution in [0.15, 0.2) is 83.3 Å². The maximum absolute atomic E-state index is 13.5. The molecule has 0 bridgehead atoms. The molecule has 5 heteroatoms. The van der Waals surface area contributed by atoms with Crippen molar-refractivity contribution < 1.29 is 13.8 Å². The highest BCUT2D eigenvalue weighted by Gasteiger charge is 2.37. The van der Waals surface area contributed by atoms with Crippen LogP contribution < -0.4 is 5.32 Å². The molecule has 1 N–H and O–H groups in total. The van der Waals surface area contributed by atoms with Crippen LogP contribution in [0.25, 0.3) is 6.08 Å². The van der Waals surface area contributed by atoms with Crippen molar-refractivity contribution in [1.29, 1.82) is 0 Å². The molecule has 0 radical (unpaired) electrons. The number of anilines is 1. The molecular formula is C25H21NO3S. The first-order valence-corrected chi connectivity index (χ1v) is 10.9. The number of benzene rings is 3. The van der Waals surface area contributed by atoms with Crippen molar-refractivity contribution in [2.24, 2.45) is 0 Å². The summed E-state index contributed by atoms with van der Waals surface area (Å²) < 4.78 is 13.5. The fourth-order valence-electron chi connectivity index (χ4n) is 3.63. The van der Waals surface area contributed by atoms with E-state index in [2.05, 4.69) is 5.32 Å². The molecule has 0 aromatic heterocycles. The zero-order valence-corrected chi connectivity index (χ0v) is 17.5. The fraction of sp³-hybridized carbons (Fsp3) is 0.120. The van der Waals surface area contributed by atoms with Crippen molar-refractivity contribution in [2.45, 2.75) is 24.0 Å². The van der Waals surface area contributed by atoms with Gasteiger partial charge in [0.15, 0.2) is 5.78 Å². The first kappa shape index (κ1) is 20.0. The van der Waals surface area contributed by atoms with Crippen molar-refractivity contribution in [3.63, 3.8) is 0 Å². The van der Waals surface area contributed by atoms with Crippen molar-refractivity contribution in [3.05, 3.63) is 101 Å². The van der Waals surface area contributed by atoms with E-state index in [0.717, 1.165) is 16.7 Å². The Labute approximate surface area is 178 Å². The van der Waals surface area contributed by atoms with Gasteiger partial charge in [-0.15, -0.1) is 0 Å². The number of ketones is 1. The monoisotopic (exact) mass is 415 g/mol. The minimum absolute atomic E-state index is 0.104. The van der Waals surface area contributed by atoms with Crippen LogP contribution in [0.5, 0.6) is 0 Å². The molecule has 0 saturated heterocycles. The van der Waals surface area contributed by atoms with E-state index in [1.54, 1.807) is 24.3 Å². The summed E-state index contributed by atoms with van der Waals surface area (Å²) in [5.41, 5.74) is 4.30. The second-order valence-electron chi connectivity index (χ2n) is 7.32. The van der Waals surface area contributed by atoms with Crippen molar-refractivity contribution in [2.75, 3.05) is 5.32 Å². The van der Waals surface area contributed by atoms with Gasteiger partial charge >= 0.3 is 0 Å². The standard InChI is InChI=1S/C25H21NO3S/c1-16-8-13-23-21(14-16)24(28)22(25(30(23)29)19-6-4-3-5-7-19)15-18-9-11-20(12-10-18)26-17(2)27/h3-15,25H,1-2H3,(H,26,27). The second kappa shape index (κ2) is 8.20. The van der Waals surface area contributed by atoms with E-state index in [1.807, 2.05) is 61.5 Å². The van der Waals surface area contributed by atoms with E-state index in [9.17, 15) is 13.8 Å². The molecule has 4 rings (SSSR count). The van der Waals surface area contributed by atoms with Gasteiger partial charge in [0.1, 0.15) is 0 Å². The highest BCUT2D eigenvalue weighted by Crippen LogP contribution is 2.41. The SMILES string of the molecule is CC(=O)Nc1ccc(C=C2C(=O)c3cc(C)ccc3S(=O)C2c2ccccc2)cc1. The van der Waals surface area contributed by atoms with Gasteiger partial charge < -0.3 is 5.32 Å². The quantitative estimate of drug-likeness (QED) is 0.607. The first-order valence-electron chi connectivity index (χ1n) is 9.64. The van der Waals surface area contributed by atoms with Gasteiger partial charge in [-0.2, -0.15) is 0 Å². The third-order valence-electron chi connectivity index (χ3n) is 5.01. The molecule has 0 spiro atoms. The van der Waals surface area contributed by atoms with Crippen LogP contribution in [0.4, 0.5) is 5.69 Å². The summed E-state index contributed by atoms with van der Waals surface area (Å²) in [6.07, 6.45) is 1.81. The average Bonchev–Trinajstić information content (AvgIpc) is 2.73. The molecule has 0 saturated carbocycles. The molecule has 3 aromatic carbocycles. The van der Waals surface area contributed by atoms with Crippen LogP contribution in [-0.2, 0) is 15.6 Å². The number of hydrogen-bond donors (Lipinski definition) is 1. The highest BCUT2D eigenvalue weighted by molar-refractivity contribution is 7.85. The lowest BCUT2D eigenvalue weighted by Gasteiger charge is -2.27. The van der Waals surface area contributed by atoms with Crippen molar-refractivity contribution in [1.82, 2.24) is 0 Å². The largest absolute Gasteiger partial charge is 0.326 e. The fourth-order valence-corrected chi connectivity index (χ4v) is 5.27. The molecule has 1 aliphatic rings. The van der Waals surface area contributed by atoms with E-state index < -0.39 is 16.0 Å². The molecule has 2 atom stereocenters. The molecule has 3 aromatic rings.